The average molecular weight is 383 g/mol. The van der Waals surface area contributed by atoms with Crippen molar-refractivity contribution in [1.82, 2.24) is 9.88 Å². The van der Waals surface area contributed by atoms with Crippen molar-refractivity contribution in [2.75, 3.05) is 13.1 Å². The summed E-state index contributed by atoms with van der Waals surface area (Å²) in [6, 6.07) is 16.3. The Bertz CT molecular complexity index is 1180. The topological polar surface area (TPSA) is 98.3 Å². The van der Waals surface area contributed by atoms with Crippen LogP contribution in [0.1, 0.15) is 21.6 Å². The number of carbonyl (C=O) groups excluding carboxylic acids is 1. The fourth-order valence-electron chi connectivity index (χ4n) is 3.53. The van der Waals surface area contributed by atoms with Crippen molar-refractivity contribution in [1.29, 1.82) is 5.26 Å². The van der Waals surface area contributed by atoms with Crippen LogP contribution in [0, 0.1) is 24.2 Å². The molecule has 0 unspecified atom stereocenters. The molecule has 1 aliphatic rings. The Morgan fingerprint density at radius 1 is 1.28 bits per heavy atom. The number of nitrogens with one attached hydrogen (secondary N) is 1. The predicted octanol–water partition coefficient (Wildman–Crippen LogP) is 3.67. The van der Waals surface area contributed by atoms with Crippen molar-refractivity contribution in [2.45, 2.75) is 6.92 Å². The molecule has 6 heteroatoms. The summed E-state index contributed by atoms with van der Waals surface area (Å²) in [5.41, 5.74) is 9.27. The van der Waals surface area contributed by atoms with Gasteiger partial charge in [-0.1, -0.05) is 30.3 Å². The number of amides is 1. The van der Waals surface area contributed by atoms with E-state index < -0.39 is 0 Å². The van der Waals surface area contributed by atoms with Crippen molar-refractivity contribution in [3.05, 3.63) is 77.8 Å². The number of H-pyrrole nitrogens is 1. The standard InChI is InChI=1S/C23H21N5O/c1-15-20(23(29)28-13-16(11-25)14-28)12-26-22(15)21(8-9-24)27-19-7-6-17-4-2-3-5-18(17)10-19/h2-10,12,16,26H,13-14,24H2,1H3/b9-8-,27-21?. The summed E-state index contributed by atoms with van der Waals surface area (Å²) < 4.78 is 0. The molecule has 2 heterocycles. The number of nitriles is 1. The van der Waals surface area contributed by atoms with E-state index in [4.69, 9.17) is 16.0 Å². The molecular weight excluding hydrogens is 362 g/mol. The van der Waals surface area contributed by atoms with Crippen LogP contribution in [0.15, 0.2) is 65.9 Å². The second-order valence-corrected chi connectivity index (χ2v) is 7.13. The molecule has 0 saturated carbocycles. The highest BCUT2D eigenvalue weighted by Crippen LogP contribution is 2.25. The third-order valence-corrected chi connectivity index (χ3v) is 5.21. The number of rotatable bonds is 4. The number of benzene rings is 2. The number of aliphatic imine (C=N–C) groups is 1. The van der Waals surface area contributed by atoms with Gasteiger partial charge >= 0.3 is 0 Å². The molecule has 2 aromatic carbocycles. The Morgan fingerprint density at radius 2 is 2.03 bits per heavy atom. The number of allylic oxidation sites excluding steroid dienone is 1. The first-order chi connectivity index (χ1) is 14.1. The van der Waals surface area contributed by atoms with Crippen LogP contribution in [0.3, 0.4) is 0 Å². The lowest BCUT2D eigenvalue weighted by Gasteiger charge is -2.35. The largest absolute Gasteiger partial charge is 0.405 e. The molecule has 1 aliphatic heterocycles. The molecule has 3 aromatic rings. The Balaban J connectivity index is 1.67. The van der Waals surface area contributed by atoms with Crippen molar-refractivity contribution in [2.24, 2.45) is 16.6 Å². The van der Waals surface area contributed by atoms with E-state index >= 15 is 0 Å². The Kier molecular flexibility index (Phi) is 4.88. The number of carbonyl (C=O) groups is 1. The molecule has 1 fully saturated rings. The zero-order valence-electron chi connectivity index (χ0n) is 16.1. The lowest BCUT2D eigenvalue weighted by atomic mass is 10.00. The fourth-order valence-corrected chi connectivity index (χ4v) is 3.53. The van der Waals surface area contributed by atoms with Crippen LogP contribution >= 0.6 is 0 Å². The van der Waals surface area contributed by atoms with E-state index in [0.29, 0.717) is 24.4 Å². The average Bonchev–Trinajstić information content (AvgIpc) is 3.08. The van der Waals surface area contributed by atoms with Gasteiger partial charge in [-0.2, -0.15) is 5.26 Å². The molecule has 0 bridgehead atoms. The van der Waals surface area contributed by atoms with E-state index in [9.17, 15) is 4.79 Å². The Morgan fingerprint density at radius 3 is 2.76 bits per heavy atom. The van der Waals surface area contributed by atoms with Gasteiger partial charge in [0.05, 0.1) is 34.6 Å². The van der Waals surface area contributed by atoms with E-state index in [1.165, 1.54) is 6.20 Å². The molecule has 6 nitrogen and oxygen atoms in total. The summed E-state index contributed by atoms with van der Waals surface area (Å²) in [5, 5.41) is 11.2. The minimum Gasteiger partial charge on any atom is -0.405 e. The zero-order valence-corrected chi connectivity index (χ0v) is 16.1. The van der Waals surface area contributed by atoms with E-state index in [1.807, 2.05) is 43.3 Å². The van der Waals surface area contributed by atoms with Gasteiger partial charge in [0.1, 0.15) is 0 Å². The monoisotopic (exact) mass is 383 g/mol. The molecule has 0 atom stereocenters. The molecular formula is C23H21N5O. The molecule has 144 valence electrons. The van der Waals surface area contributed by atoms with Crippen LogP contribution in [0.2, 0.25) is 0 Å². The van der Waals surface area contributed by atoms with Crippen LogP contribution in [0.25, 0.3) is 10.8 Å². The molecule has 1 amide bonds. The van der Waals surface area contributed by atoms with E-state index in [1.54, 1.807) is 17.2 Å². The number of hydrogen-bond acceptors (Lipinski definition) is 4. The number of aromatic amines is 1. The fraction of sp³-hybridized carbons (Fsp3) is 0.174. The van der Waals surface area contributed by atoms with E-state index in [0.717, 1.165) is 27.7 Å². The zero-order chi connectivity index (χ0) is 20.4. The predicted molar refractivity (Wildman–Crippen MR) is 114 cm³/mol. The van der Waals surface area contributed by atoms with Crippen LogP contribution in [-0.2, 0) is 0 Å². The second kappa shape index (κ2) is 7.64. The number of likely N-dealkylation sites (tertiary alicyclic amines) is 1. The van der Waals surface area contributed by atoms with Crippen LogP contribution in [-0.4, -0.2) is 34.6 Å². The van der Waals surface area contributed by atoms with Crippen LogP contribution in [0.4, 0.5) is 5.69 Å². The number of fused-ring (bicyclic) bond motifs is 1. The smallest absolute Gasteiger partial charge is 0.255 e. The minimum atomic E-state index is -0.0710. The number of nitrogens with two attached hydrogens (primary N) is 1. The van der Waals surface area contributed by atoms with E-state index in [2.05, 4.69) is 17.1 Å². The normalized spacial score (nSPS) is 14.9. The Hall–Kier alpha value is -3.85. The third-order valence-electron chi connectivity index (χ3n) is 5.21. The molecule has 29 heavy (non-hydrogen) atoms. The second-order valence-electron chi connectivity index (χ2n) is 7.13. The lowest BCUT2D eigenvalue weighted by molar-refractivity contribution is 0.0577. The van der Waals surface area contributed by atoms with Crippen LogP contribution in [0.5, 0.6) is 0 Å². The summed E-state index contributed by atoms with van der Waals surface area (Å²) in [4.78, 5) is 22.3. The van der Waals surface area contributed by atoms with Gasteiger partial charge in [0.25, 0.3) is 5.91 Å². The van der Waals surface area contributed by atoms with Crippen molar-refractivity contribution in [3.8, 4) is 6.07 Å². The van der Waals surface area contributed by atoms with Crippen molar-refractivity contribution >= 4 is 28.1 Å². The first-order valence-electron chi connectivity index (χ1n) is 9.43. The van der Waals surface area contributed by atoms with Gasteiger partial charge in [-0.05, 0) is 47.7 Å². The molecule has 3 N–H and O–H groups in total. The lowest BCUT2D eigenvalue weighted by Crippen LogP contribution is -2.49. The highest BCUT2D eigenvalue weighted by Gasteiger charge is 2.32. The maximum absolute atomic E-state index is 12.7. The summed E-state index contributed by atoms with van der Waals surface area (Å²) in [5.74, 6) is -0.138. The van der Waals surface area contributed by atoms with E-state index in [-0.39, 0.29) is 11.8 Å². The van der Waals surface area contributed by atoms with Gasteiger partial charge in [-0.15, -0.1) is 0 Å². The quantitative estimate of drug-likeness (QED) is 0.673. The van der Waals surface area contributed by atoms with Gasteiger partial charge < -0.3 is 15.6 Å². The minimum absolute atomic E-state index is 0.0668. The molecule has 1 saturated heterocycles. The summed E-state index contributed by atoms with van der Waals surface area (Å²) in [7, 11) is 0. The van der Waals surface area contributed by atoms with Crippen molar-refractivity contribution in [3.63, 3.8) is 0 Å². The number of hydrogen-bond donors (Lipinski definition) is 2. The highest BCUT2D eigenvalue weighted by atomic mass is 16.2. The van der Waals surface area contributed by atoms with Gasteiger partial charge in [0.15, 0.2) is 0 Å². The number of nitrogens with zero attached hydrogens (tertiary/aromatic N) is 3. The first-order valence-corrected chi connectivity index (χ1v) is 9.43. The SMILES string of the molecule is Cc1c(C(=O)N2CC(C#N)C2)c[nH]c1C(/C=C\N)=Nc1ccc2ccccc2c1. The first kappa shape index (κ1) is 18.5. The summed E-state index contributed by atoms with van der Waals surface area (Å²) in [6.07, 6.45) is 4.86. The van der Waals surface area contributed by atoms with Crippen molar-refractivity contribution < 1.29 is 4.79 Å². The van der Waals surface area contributed by atoms with Gasteiger partial charge in [-0.25, -0.2) is 4.99 Å². The third kappa shape index (κ3) is 3.50. The summed E-state index contributed by atoms with van der Waals surface area (Å²) in [6.45, 7) is 2.85. The molecule has 0 spiro atoms. The van der Waals surface area contributed by atoms with Crippen LogP contribution < -0.4 is 5.73 Å². The molecule has 0 aliphatic carbocycles. The van der Waals surface area contributed by atoms with Gasteiger partial charge in [-0.3, -0.25) is 4.79 Å². The molecule has 4 rings (SSSR count). The highest BCUT2D eigenvalue weighted by molar-refractivity contribution is 6.11. The van der Waals surface area contributed by atoms with Gasteiger partial charge in [0.2, 0.25) is 0 Å². The number of aromatic nitrogens is 1. The summed E-state index contributed by atoms with van der Waals surface area (Å²) >= 11 is 0. The molecule has 1 aromatic heterocycles. The van der Waals surface area contributed by atoms with Gasteiger partial charge in [0, 0.05) is 19.3 Å². The maximum atomic E-state index is 12.7. The molecule has 0 radical (unpaired) electrons. The maximum Gasteiger partial charge on any atom is 0.255 e. The Labute approximate surface area is 169 Å².